The number of carbonyl (C=O) groups excluding carboxylic acids is 2. The number of amides is 2. The molecule has 0 heterocycles. The maximum atomic E-state index is 13.6. The van der Waals surface area contributed by atoms with Gasteiger partial charge in [0.25, 0.3) is 0 Å². The van der Waals surface area contributed by atoms with Gasteiger partial charge in [0, 0.05) is 20.1 Å². The molecule has 0 aliphatic carbocycles. The van der Waals surface area contributed by atoms with Gasteiger partial charge in [0.15, 0.2) is 0 Å². The zero-order valence-corrected chi connectivity index (χ0v) is 22.1. The molecule has 0 radical (unpaired) electrons. The maximum absolute atomic E-state index is 13.6. The highest BCUT2D eigenvalue weighted by molar-refractivity contribution is 7.88. The number of hydrogen-bond acceptors (Lipinski definition) is 5. The molecule has 0 unspecified atom stereocenters. The number of hydrogen-bond donors (Lipinski definition) is 1. The summed E-state index contributed by atoms with van der Waals surface area (Å²) in [6.07, 6.45) is 1.68. The van der Waals surface area contributed by atoms with E-state index in [1.165, 1.54) is 11.9 Å². The van der Waals surface area contributed by atoms with E-state index in [4.69, 9.17) is 4.74 Å². The molecule has 1 atom stereocenters. The molecule has 196 valence electrons. The topological polar surface area (TPSA) is 96.0 Å². The van der Waals surface area contributed by atoms with Crippen molar-refractivity contribution < 1.29 is 22.7 Å². The normalized spacial score (nSPS) is 12.1. The van der Waals surface area contributed by atoms with E-state index in [2.05, 4.69) is 5.32 Å². The Kier molecular flexibility index (Phi) is 9.82. The van der Waals surface area contributed by atoms with Crippen LogP contribution in [0.25, 0.3) is 0 Å². The number of nitrogens with one attached hydrogen (secondary N) is 1. The minimum absolute atomic E-state index is 0.103. The van der Waals surface area contributed by atoms with E-state index < -0.39 is 28.5 Å². The molecule has 0 spiro atoms. The van der Waals surface area contributed by atoms with Crippen LogP contribution in [-0.2, 0) is 32.6 Å². The van der Waals surface area contributed by atoms with E-state index in [1.807, 2.05) is 48.5 Å². The average molecular weight is 524 g/mol. The zero-order valence-electron chi connectivity index (χ0n) is 21.3. The maximum Gasteiger partial charge on any atom is 0.247 e. The number of likely N-dealkylation sites (N-methyl/N-ethyl adjacent to an activating group) is 1. The summed E-state index contributed by atoms with van der Waals surface area (Å²) in [5.74, 6) is -0.168. The standard InChI is InChI=1S/C28H33N3O5S/c1-30(37(3,34)35)21-26(32)31(20-23-14-16-25(36-2)17-15-23)27(24-12-8-5-9-13-24)28(33)29-19-18-22-10-6-4-7-11-22/h4-17,27H,18-21H2,1-3H3,(H,29,33)/t27-/m1/s1. The Morgan fingerprint density at radius 3 is 2.05 bits per heavy atom. The molecule has 8 nitrogen and oxygen atoms in total. The second kappa shape index (κ2) is 13.0. The van der Waals surface area contributed by atoms with Crippen molar-refractivity contribution in [1.29, 1.82) is 0 Å². The summed E-state index contributed by atoms with van der Waals surface area (Å²) >= 11 is 0. The van der Waals surface area contributed by atoms with Crippen molar-refractivity contribution in [3.63, 3.8) is 0 Å². The smallest absolute Gasteiger partial charge is 0.247 e. The van der Waals surface area contributed by atoms with Crippen LogP contribution < -0.4 is 10.1 Å². The third-order valence-corrected chi connectivity index (χ3v) is 7.25. The number of nitrogens with zero attached hydrogens (tertiary/aromatic N) is 2. The Morgan fingerprint density at radius 2 is 1.49 bits per heavy atom. The van der Waals surface area contributed by atoms with Crippen LogP contribution >= 0.6 is 0 Å². The van der Waals surface area contributed by atoms with E-state index in [0.717, 1.165) is 21.7 Å². The average Bonchev–Trinajstić information content (AvgIpc) is 2.89. The molecule has 3 aromatic rings. The van der Waals surface area contributed by atoms with Crippen molar-refractivity contribution >= 4 is 21.8 Å². The van der Waals surface area contributed by atoms with Gasteiger partial charge in [-0.2, -0.15) is 4.31 Å². The lowest BCUT2D eigenvalue weighted by molar-refractivity contribution is -0.141. The third kappa shape index (κ3) is 8.16. The summed E-state index contributed by atoms with van der Waals surface area (Å²) in [4.78, 5) is 28.6. The SMILES string of the molecule is COc1ccc(CN(C(=O)CN(C)S(C)(=O)=O)[C@@H](C(=O)NCCc2ccccc2)c2ccccc2)cc1. The van der Waals surface area contributed by atoms with Gasteiger partial charge in [0.2, 0.25) is 21.8 Å². The van der Waals surface area contributed by atoms with Gasteiger partial charge in [-0.15, -0.1) is 0 Å². The zero-order chi connectivity index (χ0) is 26.8. The fourth-order valence-electron chi connectivity index (χ4n) is 3.83. The summed E-state index contributed by atoms with van der Waals surface area (Å²) < 4.78 is 30.3. The van der Waals surface area contributed by atoms with Crippen LogP contribution in [0, 0.1) is 0 Å². The molecule has 0 saturated heterocycles. The van der Waals surface area contributed by atoms with Gasteiger partial charge in [-0.05, 0) is 35.2 Å². The number of rotatable bonds is 12. The number of carbonyl (C=O) groups is 2. The lowest BCUT2D eigenvalue weighted by atomic mass is 10.0. The Morgan fingerprint density at radius 1 is 0.892 bits per heavy atom. The summed E-state index contributed by atoms with van der Waals surface area (Å²) in [5.41, 5.74) is 2.48. The highest BCUT2D eigenvalue weighted by Gasteiger charge is 2.32. The molecule has 9 heteroatoms. The van der Waals surface area contributed by atoms with Crippen LogP contribution in [0.4, 0.5) is 0 Å². The van der Waals surface area contributed by atoms with Crippen LogP contribution in [0.15, 0.2) is 84.9 Å². The van der Waals surface area contributed by atoms with Crippen molar-refractivity contribution in [2.75, 3.05) is 33.5 Å². The summed E-state index contributed by atoms with van der Waals surface area (Å²) in [5, 5.41) is 2.97. The quantitative estimate of drug-likeness (QED) is 0.394. The second-order valence-electron chi connectivity index (χ2n) is 8.73. The number of methoxy groups -OCH3 is 1. The van der Waals surface area contributed by atoms with Crippen molar-refractivity contribution in [2.24, 2.45) is 0 Å². The number of ether oxygens (including phenoxy) is 1. The first kappa shape index (κ1) is 27.9. The largest absolute Gasteiger partial charge is 0.497 e. The van der Waals surface area contributed by atoms with Crippen LogP contribution in [0.1, 0.15) is 22.7 Å². The molecule has 1 N–H and O–H groups in total. The number of benzene rings is 3. The lowest BCUT2D eigenvalue weighted by Crippen LogP contribution is -2.47. The number of sulfonamides is 1. The summed E-state index contributed by atoms with van der Waals surface area (Å²) in [6.45, 7) is 0.0989. The molecule has 0 bridgehead atoms. The summed E-state index contributed by atoms with van der Waals surface area (Å²) in [7, 11) is -0.690. The fourth-order valence-corrected chi connectivity index (χ4v) is 4.17. The van der Waals surface area contributed by atoms with E-state index in [-0.39, 0.29) is 12.5 Å². The predicted molar refractivity (Wildman–Crippen MR) is 143 cm³/mol. The first-order valence-electron chi connectivity index (χ1n) is 11.9. The third-order valence-electron chi connectivity index (χ3n) is 5.99. The highest BCUT2D eigenvalue weighted by atomic mass is 32.2. The van der Waals surface area contributed by atoms with Gasteiger partial charge in [0.05, 0.1) is 19.9 Å². The van der Waals surface area contributed by atoms with Crippen LogP contribution in [0.2, 0.25) is 0 Å². The fraction of sp³-hybridized carbons (Fsp3) is 0.286. The molecule has 0 fully saturated rings. The van der Waals surface area contributed by atoms with Crippen molar-refractivity contribution in [2.45, 2.75) is 19.0 Å². The lowest BCUT2D eigenvalue weighted by Gasteiger charge is -2.32. The Bertz CT molecular complexity index is 1270. The first-order valence-corrected chi connectivity index (χ1v) is 13.7. The highest BCUT2D eigenvalue weighted by Crippen LogP contribution is 2.25. The predicted octanol–water partition coefficient (Wildman–Crippen LogP) is 3.02. The van der Waals surface area contributed by atoms with E-state index in [9.17, 15) is 18.0 Å². The Labute approximate surface area is 218 Å². The molecule has 0 aromatic heterocycles. The molecule has 3 rings (SSSR count). The van der Waals surface area contributed by atoms with E-state index in [0.29, 0.717) is 24.3 Å². The van der Waals surface area contributed by atoms with Crippen LogP contribution in [0.3, 0.4) is 0 Å². The molecule has 0 aliphatic heterocycles. The van der Waals surface area contributed by atoms with Crippen LogP contribution in [-0.4, -0.2) is 62.9 Å². The second-order valence-corrected chi connectivity index (χ2v) is 10.8. The van der Waals surface area contributed by atoms with Crippen molar-refractivity contribution in [3.8, 4) is 5.75 Å². The van der Waals surface area contributed by atoms with Gasteiger partial charge in [0.1, 0.15) is 11.8 Å². The van der Waals surface area contributed by atoms with Crippen molar-refractivity contribution in [1.82, 2.24) is 14.5 Å². The molecule has 0 aliphatic rings. The van der Waals surface area contributed by atoms with Gasteiger partial charge < -0.3 is 15.0 Å². The molecule has 3 aromatic carbocycles. The van der Waals surface area contributed by atoms with Gasteiger partial charge in [-0.25, -0.2) is 8.42 Å². The van der Waals surface area contributed by atoms with E-state index in [1.54, 1.807) is 43.5 Å². The van der Waals surface area contributed by atoms with Crippen LogP contribution in [0.5, 0.6) is 5.75 Å². The minimum atomic E-state index is -3.60. The molecular weight excluding hydrogens is 490 g/mol. The van der Waals surface area contributed by atoms with Crippen molar-refractivity contribution in [3.05, 3.63) is 102 Å². The van der Waals surface area contributed by atoms with Gasteiger partial charge in [-0.1, -0.05) is 72.8 Å². The van der Waals surface area contributed by atoms with E-state index >= 15 is 0 Å². The Balaban J connectivity index is 1.92. The molecule has 0 saturated carbocycles. The summed E-state index contributed by atoms with van der Waals surface area (Å²) in [6, 6.07) is 25.0. The molecule has 2 amide bonds. The van der Waals surface area contributed by atoms with Gasteiger partial charge in [-0.3, -0.25) is 9.59 Å². The minimum Gasteiger partial charge on any atom is -0.497 e. The first-order chi connectivity index (χ1) is 17.7. The monoisotopic (exact) mass is 523 g/mol. The molecule has 37 heavy (non-hydrogen) atoms. The molecular formula is C28H33N3O5S. The van der Waals surface area contributed by atoms with Gasteiger partial charge >= 0.3 is 0 Å². The Hall–Kier alpha value is -3.69.